The number of rotatable bonds is 4. The van der Waals surface area contributed by atoms with Crippen LogP contribution in [0.3, 0.4) is 0 Å². The van der Waals surface area contributed by atoms with E-state index in [-0.39, 0.29) is 12.3 Å². The van der Waals surface area contributed by atoms with Gasteiger partial charge in [0.2, 0.25) is 0 Å². The summed E-state index contributed by atoms with van der Waals surface area (Å²) in [5.74, 6) is 0. The first kappa shape index (κ1) is 15.5. The molecule has 0 aromatic heterocycles. The van der Waals surface area contributed by atoms with Crippen LogP contribution in [0.4, 0.5) is 11.4 Å². The number of hydrogen-bond donors (Lipinski definition) is 2. The largest absolute Gasteiger partial charge is 0.491 e. The maximum atomic E-state index is 12.4. The molecule has 0 spiro atoms. The molecule has 0 saturated heterocycles. The SMILES string of the molecule is O=[N+]([O-])c1ccccc1S(=O)(=O)Nc1ccc2c(c1)B(O)OC2. The van der Waals surface area contributed by atoms with Crippen LogP contribution in [0.2, 0.25) is 0 Å². The number of para-hydroxylation sites is 1. The number of sulfonamides is 1. The Morgan fingerprint density at radius 3 is 2.74 bits per heavy atom. The quantitative estimate of drug-likeness (QED) is 0.480. The minimum Gasteiger partial charge on any atom is -0.423 e. The number of nitrogens with zero attached hydrogens (tertiary/aromatic N) is 1. The van der Waals surface area contributed by atoms with Crippen molar-refractivity contribution in [3.05, 3.63) is 58.1 Å². The van der Waals surface area contributed by atoms with E-state index in [4.69, 9.17) is 4.65 Å². The molecule has 118 valence electrons. The van der Waals surface area contributed by atoms with E-state index in [9.17, 15) is 23.6 Å². The predicted molar refractivity (Wildman–Crippen MR) is 82.7 cm³/mol. The first-order chi connectivity index (χ1) is 10.9. The topological polar surface area (TPSA) is 119 Å². The minimum absolute atomic E-state index is 0.187. The molecule has 0 unspecified atom stereocenters. The molecule has 1 aliphatic rings. The highest BCUT2D eigenvalue weighted by Gasteiger charge is 2.29. The number of hydrogen-bond acceptors (Lipinski definition) is 6. The average Bonchev–Trinajstić information content (AvgIpc) is 2.88. The Morgan fingerprint density at radius 2 is 2.00 bits per heavy atom. The van der Waals surface area contributed by atoms with Gasteiger partial charge in [-0.15, -0.1) is 0 Å². The van der Waals surface area contributed by atoms with E-state index >= 15 is 0 Å². The van der Waals surface area contributed by atoms with Gasteiger partial charge in [0.25, 0.3) is 15.7 Å². The van der Waals surface area contributed by atoms with E-state index in [0.717, 1.165) is 17.7 Å². The van der Waals surface area contributed by atoms with Crippen LogP contribution in [0.25, 0.3) is 0 Å². The second-order valence-electron chi connectivity index (χ2n) is 4.91. The van der Waals surface area contributed by atoms with Crippen molar-refractivity contribution >= 4 is 34.0 Å². The van der Waals surface area contributed by atoms with Crippen molar-refractivity contribution < 1.29 is 23.0 Å². The molecule has 0 fully saturated rings. The van der Waals surface area contributed by atoms with Crippen LogP contribution in [-0.2, 0) is 21.3 Å². The molecule has 0 radical (unpaired) electrons. The van der Waals surface area contributed by atoms with Gasteiger partial charge in [0.1, 0.15) is 0 Å². The van der Waals surface area contributed by atoms with Crippen LogP contribution in [0.1, 0.15) is 5.56 Å². The highest BCUT2D eigenvalue weighted by Crippen LogP contribution is 2.25. The molecule has 3 rings (SSSR count). The maximum absolute atomic E-state index is 12.4. The molecule has 10 heteroatoms. The lowest BCUT2D eigenvalue weighted by molar-refractivity contribution is -0.387. The van der Waals surface area contributed by atoms with Crippen molar-refractivity contribution in [2.75, 3.05) is 4.72 Å². The first-order valence-corrected chi connectivity index (χ1v) is 8.05. The third-order valence-electron chi connectivity index (χ3n) is 3.41. The van der Waals surface area contributed by atoms with Gasteiger partial charge in [0.15, 0.2) is 4.90 Å². The minimum atomic E-state index is -4.14. The van der Waals surface area contributed by atoms with E-state index in [1.807, 2.05) is 0 Å². The number of nitrogens with one attached hydrogen (secondary N) is 1. The Bertz CT molecular complexity index is 886. The van der Waals surface area contributed by atoms with Crippen molar-refractivity contribution in [2.24, 2.45) is 0 Å². The van der Waals surface area contributed by atoms with Gasteiger partial charge in [-0.1, -0.05) is 18.2 Å². The fourth-order valence-corrected chi connectivity index (χ4v) is 3.55. The molecule has 2 aromatic carbocycles. The van der Waals surface area contributed by atoms with Crippen LogP contribution >= 0.6 is 0 Å². The summed E-state index contributed by atoms with van der Waals surface area (Å²) in [6.07, 6.45) is 0. The summed E-state index contributed by atoms with van der Waals surface area (Å²) in [6, 6.07) is 9.65. The van der Waals surface area contributed by atoms with Crippen LogP contribution in [-0.4, -0.2) is 25.5 Å². The summed E-state index contributed by atoms with van der Waals surface area (Å²) in [7, 11) is -5.25. The molecular formula is C13H11BN2O6S. The fraction of sp³-hybridized carbons (Fsp3) is 0.0769. The summed E-state index contributed by atoms with van der Waals surface area (Å²) in [4.78, 5) is 9.80. The van der Waals surface area contributed by atoms with Gasteiger partial charge in [-0.25, -0.2) is 8.42 Å². The highest BCUT2D eigenvalue weighted by molar-refractivity contribution is 7.92. The monoisotopic (exact) mass is 334 g/mol. The molecule has 0 amide bonds. The normalized spacial score (nSPS) is 13.7. The Morgan fingerprint density at radius 1 is 1.26 bits per heavy atom. The highest BCUT2D eigenvalue weighted by atomic mass is 32.2. The number of benzene rings is 2. The molecule has 2 N–H and O–H groups in total. The lowest BCUT2D eigenvalue weighted by atomic mass is 9.79. The molecule has 8 nitrogen and oxygen atoms in total. The van der Waals surface area contributed by atoms with Gasteiger partial charge in [-0.05, 0) is 29.2 Å². The zero-order valence-electron chi connectivity index (χ0n) is 11.7. The standard InChI is InChI=1S/C13H11BN2O6S/c17-14-11-7-10(6-5-9(11)8-22-14)15-23(20,21)13-4-2-1-3-12(13)16(18)19/h1-7,15,17H,8H2. The van der Waals surface area contributed by atoms with E-state index < -0.39 is 32.6 Å². The molecule has 0 saturated carbocycles. The van der Waals surface area contributed by atoms with E-state index in [1.54, 1.807) is 6.07 Å². The summed E-state index contributed by atoms with van der Waals surface area (Å²) < 4.78 is 32.1. The van der Waals surface area contributed by atoms with Crippen molar-refractivity contribution in [1.29, 1.82) is 0 Å². The summed E-state index contributed by atoms with van der Waals surface area (Å²) in [5, 5.41) is 20.6. The van der Waals surface area contributed by atoms with Gasteiger partial charge in [-0.2, -0.15) is 0 Å². The Kier molecular flexibility index (Phi) is 3.80. The molecular weight excluding hydrogens is 323 g/mol. The van der Waals surface area contributed by atoms with Crippen LogP contribution in [0, 0.1) is 10.1 Å². The second kappa shape index (κ2) is 5.65. The van der Waals surface area contributed by atoms with Gasteiger partial charge < -0.3 is 9.68 Å². The second-order valence-corrected chi connectivity index (χ2v) is 6.56. The molecule has 1 heterocycles. The molecule has 23 heavy (non-hydrogen) atoms. The van der Waals surface area contributed by atoms with Crippen molar-refractivity contribution in [3.63, 3.8) is 0 Å². The van der Waals surface area contributed by atoms with Crippen molar-refractivity contribution in [2.45, 2.75) is 11.5 Å². The zero-order chi connectivity index (χ0) is 16.6. The number of anilines is 1. The van der Waals surface area contributed by atoms with E-state index in [1.165, 1.54) is 24.3 Å². The number of nitro benzene ring substituents is 1. The Balaban J connectivity index is 1.97. The van der Waals surface area contributed by atoms with Crippen molar-refractivity contribution in [3.8, 4) is 0 Å². The molecule has 1 aliphatic heterocycles. The van der Waals surface area contributed by atoms with E-state index in [0.29, 0.717) is 5.46 Å². The van der Waals surface area contributed by atoms with Crippen LogP contribution < -0.4 is 10.2 Å². The van der Waals surface area contributed by atoms with Crippen LogP contribution in [0.15, 0.2) is 47.4 Å². The average molecular weight is 334 g/mol. The molecule has 0 atom stereocenters. The lowest BCUT2D eigenvalue weighted by Crippen LogP contribution is -2.28. The summed E-state index contributed by atoms with van der Waals surface area (Å²) in [5.41, 5.74) is 0.898. The third-order valence-corrected chi connectivity index (χ3v) is 4.84. The smallest absolute Gasteiger partial charge is 0.423 e. The fourth-order valence-electron chi connectivity index (χ4n) is 2.32. The Labute approximate surface area is 132 Å². The number of fused-ring (bicyclic) bond motifs is 1. The first-order valence-electron chi connectivity index (χ1n) is 6.57. The van der Waals surface area contributed by atoms with Crippen molar-refractivity contribution in [1.82, 2.24) is 0 Å². The van der Waals surface area contributed by atoms with Gasteiger partial charge >= 0.3 is 7.12 Å². The van der Waals surface area contributed by atoms with Crippen LogP contribution in [0.5, 0.6) is 0 Å². The number of nitro groups is 1. The third kappa shape index (κ3) is 2.91. The Hall–Kier alpha value is -2.43. The molecule has 0 aliphatic carbocycles. The van der Waals surface area contributed by atoms with Gasteiger partial charge in [0, 0.05) is 11.8 Å². The van der Waals surface area contributed by atoms with Gasteiger partial charge in [0.05, 0.1) is 11.5 Å². The molecule has 0 bridgehead atoms. The van der Waals surface area contributed by atoms with E-state index in [2.05, 4.69) is 4.72 Å². The predicted octanol–water partition coefficient (Wildman–Crippen LogP) is 0.613. The maximum Gasteiger partial charge on any atom is 0.491 e. The zero-order valence-corrected chi connectivity index (χ0v) is 12.5. The summed E-state index contributed by atoms with van der Waals surface area (Å²) >= 11 is 0. The lowest BCUT2D eigenvalue weighted by Gasteiger charge is -2.09. The molecule has 2 aromatic rings. The van der Waals surface area contributed by atoms with Gasteiger partial charge in [-0.3, -0.25) is 14.8 Å². The summed E-state index contributed by atoms with van der Waals surface area (Å²) in [6.45, 7) is 0.244.